The predicted octanol–water partition coefficient (Wildman–Crippen LogP) is 2.12. The van der Waals surface area contributed by atoms with E-state index in [-0.39, 0.29) is 10.8 Å². The second-order valence-electron chi connectivity index (χ2n) is 7.86. The molecular weight excluding hydrogens is 402 g/mol. The summed E-state index contributed by atoms with van der Waals surface area (Å²) in [5.74, 6) is 0.595. The molecule has 2 heterocycles. The lowest BCUT2D eigenvalue weighted by Crippen LogP contribution is -2.44. The molecule has 1 saturated heterocycles. The number of sulfonamides is 1. The van der Waals surface area contributed by atoms with Crippen molar-refractivity contribution >= 4 is 27.4 Å². The van der Waals surface area contributed by atoms with Gasteiger partial charge in [-0.25, -0.2) is 13.4 Å². The quantitative estimate of drug-likeness (QED) is 0.728. The molecule has 0 unspecified atom stereocenters. The number of pyridine rings is 1. The molecule has 0 bridgehead atoms. The third kappa shape index (κ3) is 4.91. The fourth-order valence-electron chi connectivity index (χ4n) is 3.27. The molecule has 0 radical (unpaired) electrons. The molecule has 1 aliphatic heterocycles. The Morgan fingerprint density at radius 2 is 1.80 bits per heavy atom. The van der Waals surface area contributed by atoms with E-state index in [1.165, 1.54) is 11.1 Å². The van der Waals surface area contributed by atoms with Crippen LogP contribution < -0.4 is 14.9 Å². The summed E-state index contributed by atoms with van der Waals surface area (Å²) < 4.78 is 28.8. The highest BCUT2D eigenvalue weighted by Crippen LogP contribution is 2.28. The fraction of sp³-hybridized carbons (Fsp3) is 0.429. The maximum absolute atomic E-state index is 13.1. The molecule has 0 spiro atoms. The minimum atomic E-state index is -3.84. The van der Waals surface area contributed by atoms with Crippen LogP contribution in [0, 0.1) is 0 Å². The molecule has 1 aliphatic rings. The number of amides is 1. The van der Waals surface area contributed by atoms with E-state index in [1.54, 1.807) is 32.3 Å². The van der Waals surface area contributed by atoms with Crippen LogP contribution in [0.25, 0.3) is 0 Å². The molecule has 1 fully saturated rings. The second-order valence-corrected chi connectivity index (χ2v) is 9.54. The molecule has 0 saturated carbocycles. The van der Waals surface area contributed by atoms with Gasteiger partial charge in [-0.2, -0.15) is 0 Å². The molecule has 1 aromatic carbocycles. The Hall–Kier alpha value is -2.65. The van der Waals surface area contributed by atoms with E-state index >= 15 is 0 Å². The van der Waals surface area contributed by atoms with E-state index in [2.05, 4.69) is 28.9 Å². The van der Waals surface area contributed by atoms with Crippen LogP contribution in [0.15, 0.2) is 41.4 Å². The summed E-state index contributed by atoms with van der Waals surface area (Å²) in [5, 5.41) is 3.27. The standard InChI is InChI=1S/C21H29N5O3S/c1-15(2)16-5-7-18(8-6-16)30(28,29)24-19-13-17(21(27)25(3)4)14-23-20(19)26-11-9-22-10-12-26/h5-8,13-15,22,24H,9-12H2,1-4H3. The molecular formula is C21H29N5O3S. The smallest absolute Gasteiger partial charge is 0.262 e. The number of hydrogen-bond acceptors (Lipinski definition) is 6. The van der Waals surface area contributed by atoms with Crippen LogP contribution in [0.3, 0.4) is 0 Å². The molecule has 162 valence electrons. The van der Waals surface area contributed by atoms with E-state index in [9.17, 15) is 13.2 Å². The first-order valence-corrected chi connectivity index (χ1v) is 11.5. The van der Waals surface area contributed by atoms with Crippen molar-refractivity contribution in [1.29, 1.82) is 0 Å². The average molecular weight is 432 g/mol. The van der Waals surface area contributed by atoms with Gasteiger partial charge in [-0.1, -0.05) is 26.0 Å². The molecule has 1 amide bonds. The average Bonchev–Trinajstić information content (AvgIpc) is 2.73. The highest BCUT2D eigenvalue weighted by atomic mass is 32.2. The van der Waals surface area contributed by atoms with Crippen LogP contribution in [0.1, 0.15) is 35.7 Å². The normalized spacial score (nSPS) is 14.6. The monoisotopic (exact) mass is 431 g/mol. The van der Waals surface area contributed by atoms with Crippen molar-refractivity contribution in [3.8, 4) is 0 Å². The number of piperazine rings is 1. The highest BCUT2D eigenvalue weighted by Gasteiger charge is 2.23. The Bertz CT molecular complexity index is 998. The van der Waals surface area contributed by atoms with E-state index in [1.807, 2.05) is 17.0 Å². The number of carbonyl (C=O) groups excluding carboxylic acids is 1. The van der Waals surface area contributed by atoms with Crippen molar-refractivity contribution in [3.63, 3.8) is 0 Å². The number of hydrogen-bond donors (Lipinski definition) is 2. The van der Waals surface area contributed by atoms with E-state index in [4.69, 9.17) is 0 Å². The number of nitrogens with zero attached hydrogens (tertiary/aromatic N) is 3. The summed E-state index contributed by atoms with van der Waals surface area (Å²) in [6, 6.07) is 8.41. The first-order chi connectivity index (χ1) is 14.2. The van der Waals surface area contributed by atoms with Gasteiger partial charge in [0, 0.05) is 46.5 Å². The Balaban J connectivity index is 1.98. The van der Waals surface area contributed by atoms with Crippen molar-refractivity contribution in [2.75, 3.05) is 49.9 Å². The van der Waals surface area contributed by atoms with Gasteiger partial charge in [-0.15, -0.1) is 0 Å². The summed E-state index contributed by atoms with van der Waals surface area (Å²) in [6.45, 7) is 7.07. The van der Waals surface area contributed by atoms with Crippen molar-refractivity contribution in [1.82, 2.24) is 15.2 Å². The SMILES string of the molecule is CC(C)c1ccc(S(=O)(=O)Nc2cc(C(=O)N(C)C)cnc2N2CCNCC2)cc1. The minimum Gasteiger partial charge on any atom is -0.352 e. The molecule has 30 heavy (non-hydrogen) atoms. The van der Waals surface area contributed by atoms with Crippen LogP contribution >= 0.6 is 0 Å². The summed E-state index contributed by atoms with van der Waals surface area (Å²) in [4.78, 5) is 20.5. The molecule has 3 rings (SSSR count). The van der Waals surface area contributed by atoms with Gasteiger partial charge in [0.25, 0.3) is 15.9 Å². The van der Waals surface area contributed by atoms with E-state index in [0.29, 0.717) is 36.1 Å². The predicted molar refractivity (Wildman–Crippen MR) is 119 cm³/mol. The third-order valence-corrected chi connectivity index (χ3v) is 6.42. The van der Waals surface area contributed by atoms with Crippen molar-refractivity contribution < 1.29 is 13.2 Å². The molecule has 9 heteroatoms. The lowest BCUT2D eigenvalue weighted by molar-refractivity contribution is 0.0827. The summed E-state index contributed by atoms with van der Waals surface area (Å²) in [7, 11) is -0.546. The maximum Gasteiger partial charge on any atom is 0.262 e. The molecule has 2 aromatic rings. The largest absolute Gasteiger partial charge is 0.352 e. The van der Waals surface area contributed by atoms with Crippen LogP contribution in [0.2, 0.25) is 0 Å². The lowest BCUT2D eigenvalue weighted by Gasteiger charge is -2.30. The Labute approximate surface area is 178 Å². The zero-order chi connectivity index (χ0) is 21.9. The summed E-state index contributed by atoms with van der Waals surface area (Å²) >= 11 is 0. The minimum absolute atomic E-state index is 0.169. The number of carbonyl (C=O) groups is 1. The molecule has 0 atom stereocenters. The van der Waals surface area contributed by atoms with Gasteiger partial charge < -0.3 is 15.1 Å². The third-order valence-electron chi connectivity index (χ3n) is 5.04. The Morgan fingerprint density at radius 1 is 1.17 bits per heavy atom. The topological polar surface area (TPSA) is 94.6 Å². The van der Waals surface area contributed by atoms with Gasteiger partial charge in [-0.3, -0.25) is 9.52 Å². The van der Waals surface area contributed by atoms with Crippen LogP contribution in [-0.2, 0) is 10.0 Å². The first-order valence-electron chi connectivity index (χ1n) is 9.99. The number of aromatic nitrogens is 1. The van der Waals surface area contributed by atoms with Crippen LogP contribution in [0.4, 0.5) is 11.5 Å². The van der Waals surface area contributed by atoms with Crippen molar-refractivity contribution in [2.45, 2.75) is 24.7 Å². The molecule has 8 nitrogen and oxygen atoms in total. The number of benzene rings is 1. The van der Waals surface area contributed by atoms with Gasteiger partial charge in [-0.05, 0) is 29.7 Å². The van der Waals surface area contributed by atoms with Crippen molar-refractivity contribution in [3.05, 3.63) is 47.7 Å². The number of rotatable bonds is 6. The van der Waals surface area contributed by atoms with E-state index in [0.717, 1.165) is 18.7 Å². The molecule has 0 aliphatic carbocycles. The lowest BCUT2D eigenvalue weighted by atomic mass is 10.0. The molecule has 1 aromatic heterocycles. The van der Waals surface area contributed by atoms with Crippen molar-refractivity contribution in [2.24, 2.45) is 0 Å². The fourth-order valence-corrected chi connectivity index (χ4v) is 4.32. The highest BCUT2D eigenvalue weighted by molar-refractivity contribution is 7.92. The summed E-state index contributed by atoms with van der Waals surface area (Å²) in [5.41, 5.74) is 1.69. The first kappa shape index (κ1) is 22.0. The zero-order valence-corrected chi connectivity index (χ0v) is 18.7. The number of anilines is 2. The van der Waals surface area contributed by atoms with Gasteiger partial charge in [0.2, 0.25) is 0 Å². The number of nitrogens with one attached hydrogen (secondary N) is 2. The van der Waals surface area contributed by atoms with Gasteiger partial charge in [0.1, 0.15) is 0 Å². The second kappa shape index (κ2) is 9.01. The molecule has 2 N–H and O–H groups in total. The Morgan fingerprint density at radius 3 is 2.37 bits per heavy atom. The van der Waals surface area contributed by atoms with Gasteiger partial charge in [0.05, 0.1) is 16.1 Å². The maximum atomic E-state index is 13.1. The van der Waals surface area contributed by atoms with E-state index < -0.39 is 10.0 Å². The Kier molecular flexibility index (Phi) is 6.62. The summed E-state index contributed by atoms with van der Waals surface area (Å²) in [6.07, 6.45) is 1.49. The van der Waals surface area contributed by atoms with Gasteiger partial charge >= 0.3 is 0 Å². The zero-order valence-electron chi connectivity index (χ0n) is 17.8. The van der Waals surface area contributed by atoms with Crippen LogP contribution in [-0.4, -0.2) is 64.5 Å². The van der Waals surface area contributed by atoms with Gasteiger partial charge in [0.15, 0.2) is 5.82 Å². The van der Waals surface area contributed by atoms with Crippen LogP contribution in [0.5, 0.6) is 0 Å².